The van der Waals surface area contributed by atoms with Crippen molar-refractivity contribution in [2.75, 3.05) is 0 Å². The van der Waals surface area contributed by atoms with Gasteiger partial charge < -0.3 is 10.4 Å². The fraction of sp³-hybridized carbons (Fsp3) is 0.200. The van der Waals surface area contributed by atoms with Crippen LogP contribution < -0.4 is 5.32 Å². The van der Waals surface area contributed by atoms with Crippen molar-refractivity contribution in [2.45, 2.75) is 13.1 Å². The molecule has 1 aromatic carbocycles. The van der Waals surface area contributed by atoms with Gasteiger partial charge >= 0.3 is 0 Å². The molecule has 15 heavy (non-hydrogen) atoms. The van der Waals surface area contributed by atoms with Crippen LogP contribution in [0.1, 0.15) is 11.3 Å². The molecule has 0 saturated heterocycles. The van der Waals surface area contributed by atoms with Crippen molar-refractivity contribution < 1.29 is 5.11 Å². The van der Waals surface area contributed by atoms with Crippen LogP contribution in [0.5, 0.6) is 5.75 Å². The van der Waals surface area contributed by atoms with Crippen molar-refractivity contribution in [1.29, 1.82) is 0 Å². The van der Waals surface area contributed by atoms with Crippen LogP contribution in [0.2, 0.25) is 0 Å². The minimum absolute atomic E-state index is 0.296. The zero-order valence-corrected chi connectivity index (χ0v) is 8.87. The second-order valence-corrected chi connectivity index (χ2v) is 3.78. The fourth-order valence-electron chi connectivity index (χ4n) is 1.26. The summed E-state index contributed by atoms with van der Waals surface area (Å²) in [6.07, 6.45) is 0. The van der Waals surface area contributed by atoms with Gasteiger partial charge in [-0.25, -0.2) is 0 Å². The Kier molecular flexibility index (Phi) is 3.26. The maximum atomic E-state index is 9.25. The molecule has 5 heteroatoms. The third-order valence-corrected chi connectivity index (χ3v) is 2.50. The van der Waals surface area contributed by atoms with Gasteiger partial charge in [0, 0.05) is 18.5 Å². The Bertz CT molecular complexity index is 416. The molecule has 2 rings (SSSR count). The predicted octanol–water partition coefficient (Wildman–Crippen LogP) is 1.53. The van der Waals surface area contributed by atoms with Gasteiger partial charge in [-0.05, 0) is 29.2 Å². The molecular weight excluding hydrogens is 210 g/mol. The van der Waals surface area contributed by atoms with Crippen molar-refractivity contribution in [3.8, 4) is 5.75 Å². The lowest BCUT2D eigenvalue weighted by molar-refractivity contribution is 0.474. The Morgan fingerprint density at radius 1 is 1.33 bits per heavy atom. The van der Waals surface area contributed by atoms with Crippen molar-refractivity contribution in [2.24, 2.45) is 0 Å². The average molecular weight is 221 g/mol. The van der Waals surface area contributed by atoms with E-state index in [9.17, 15) is 5.11 Å². The molecule has 2 N–H and O–H groups in total. The Morgan fingerprint density at radius 2 is 2.27 bits per heavy atom. The first-order chi connectivity index (χ1) is 7.34. The van der Waals surface area contributed by atoms with Crippen molar-refractivity contribution >= 4 is 11.5 Å². The number of hydrogen-bond acceptors (Lipinski definition) is 5. The molecule has 0 fully saturated rings. The predicted molar refractivity (Wildman–Crippen MR) is 58.6 cm³/mol. The van der Waals surface area contributed by atoms with Crippen LogP contribution >= 0.6 is 11.5 Å². The molecule has 0 amide bonds. The first-order valence-electron chi connectivity index (χ1n) is 4.59. The van der Waals surface area contributed by atoms with Gasteiger partial charge in [-0.15, -0.1) is 5.10 Å². The van der Waals surface area contributed by atoms with Gasteiger partial charge in [0.2, 0.25) is 0 Å². The van der Waals surface area contributed by atoms with Crippen LogP contribution in [0.25, 0.3) is 0 Å². The third-order valence-electron chi connectivity index (χ3n) is 1.95. The summed E-state index contributed by atoms with van der Waals surface area (Å²) in [6.45, 7) is 1.41. The summed E-state index contributed by atoms with van der Waals surface area (Å²) in [5.41, 5.74) is 2.00. The van der Waals surface area contributed by atoms with E-state index in [2.05, 4.69) is 14.9 Å². The molecule has 1 heterocycles. The lowest BCUT2D eigenvalue weighted by Crippen LogP contribution is -2.12. The second kappa shape index (κ2) is 4.86. The molecule has 0 spiro atoms. The number of hydrogen-bond donors (Lipinski definition) is 2. The van der Waals surface area contributed by atoms with E-state index in [1.165, 1.54) is 11.5 Å². The first-order valence-corrected chi connectivity index (χ1v) is 5.43. The monoisotopic (exact) mass is 221 g/mol. The largest absolute Gasteiger partial charge is 0.508 e. The summed E-state index contributed by atoms with van der Waals surface area (Å²) in [5.74, 6) is 0.296. The molecule has 0 aliphatic heterocycles. The number of aromatic nitrogens is 2. The van der Waals surface area contributed by atoms with Crippen molar-refractivity contribution in [3.05, 3.63) is 40.9 Å². The third kappa shape index (κ3) is 3.00. The zero-order chi connectivity index (χ0) is 10.5. The van der Waals surface area contributed by atoms with Crippen molar-refractivity contribution in [3.63, 3.8) is 0 Å². The lowest BCUT2D eigenvalue weighted by atomic mass is 10.2. The van der Waals surface area contributed by atoms with Crippen molar-refractivity contribution in [1.82, 2.24) is 14.9 Å². The van der Waals surface area contributed by atoms with Crippen LogP contribution in [0, 0.1) is 0 Å². The molecule has 0 aliphatic rings. The zero-order valence-electron chi connectivity index (χ0n) is 8.05. The number of phenolic OH excluding ortho intramolecular Hbond substituents is 1. The highest BCUT2D eigenvalue weighted by Gasteiger charge is 1.97. The molecule has 1 aromatic heterocycles. The average Bonchev–Trinajstić information content (AvgIpc) is 2.71. The summed E-state index contributed by atoms with van der Waals surface area (Å²) in [4.78, 5) is 0. The maximum absolute atomic E-state index is 9.25. The van der Waals surface area contributed by atoms with Crippen LogP contribution in [-0.4, -0.2) is 14.7 Å². The summed E-state index contributed by atoms with van der Waals surface area (Å²) in [6, 6.07) is 7.20. The highest BCUT2D eigenvalue weighted by atomic mass is 32.1. The quantitative estimate of drug-likeness (QED) is 0.822. The minimum Gasteiger partial charge on any atom is -0.508 e. The molecule has 0 aliphatic carbocycles. The molecule has 0 bridgehead atoms. The highest BCUT2D eigenvalue weighted by molar-refractivity contribution is 7.03. The van der Waals surface area contributed by atoms with E-state index >= 15 is 0 Å². The normalized spacial score (nSPS) is 10.4. The molecule has 0 atom stereocenters. The van der Waals surface area contributed by atoms with Crippen LogP contribution in [0.3, 0.4) is 0 Å². The molecular formula is C10H11N3OS. The molecule has 0 saturated carbocycles. The molecule has 2 aromatic rings. The van der Waals surface area contributed by atoms with Gasteiger partial charge in [-0.3, -0.25) is 0 Å². The molecule has 0 radical (unpaired) electrons. The maximum Gasteiger partial charge on any atom is 0.115 e. The van der Waals surface area contributed by atoms with E-state index in [0.29, 0.717) is 18.8 Å². The topological polar surface area (TPSA) is 58.0 Å². The number of benzene rings is 1. The number of nitrogens with zero attached hydrogens (tertiary/aromatic N) is 2. The van der Waals surface area contributed by atoms with Gasteiger partial charge in [0.25, 0.3) is 0 Å². The van der Waals surface area contributed by atoms with Gasteiger partial charge in [-0.1, -0.05) is 16.6 Å². The number of nitrogens with one attached hydrogen (secondary N) is 1. The second-order valence-electron chi connectivity index (χ2n) is 3.17. The summed E-state index contributed by atoms with van der Waals surface area (Å²) >= 11 is 1.35. The van der Waals surface area contributed by atoms with Gasteiger partial charge in [0.15, 0.2) is 0 Å². The van der Waals surface area contributed by atoms with Crippen LogP contribution in [0.15, 0.2) is 29.6 Å². The van der Waals surface area contributed by atoms with Gasteiger partial charge in [-0.2, -0.15) is 0 Å². The SMILES string of the molecule is Oc1cccc(CNCc2csnn2)c1. The molecule has 0 unspecified atom stereocenters. The molecule has 78 valence electrons. The summed E-state index contributed by atoms with van der Waals surface area (Å²) in [7, 11) is 0. The highest BCUT2D eigenvalue weighted by Crippen LogP contribution is 2.10. The van der Waals surface area contributed by atoms with Gasteiger partial charge in [0.1, 0.15) is 5.75 Å². The Hall–Kier alpha value is -1.46. The lowest BCUT2D eigenvalue weighted by Gasteiger charge is -2.02. The van der Waals surface area contributed by atoms with E-state index in [1.807, 2.05) is 17.5 Å². The number of aromatic hydroxyl groups is 1. The Balaban J connectivity index is 1.83. The molecule has 4 nitrogen and oxygen atoms in total. The fourth-order valence-corrected chi connectivity index (χ4v) is 1.71. The van der Waals surface area contributed by atoms with E-state index in [0.717, 1.165) is 11.3 Å². The Morgan fingerprint density at radius 3 is 3.00 bits per heavy atom. The van der Waals surface area contributed by atoms with Crippen LogP contribution in [0.4, 0.5) is 0 Å². The smallest absolute Gasteiger partial charge is 0.115 e. The van der Waals surface area contributed by atoms with E-state index < -0.39 is 0 Å². The van der Waals surface area contributed by atoms with Gasteiger partial charge in [0.05, 0.1) is 5.69 Å². The van der Waals surface area contributed by atoms with Crippen LogP contribution in [-0.2, 0) is 13.1 Å². The number of rotatable bonds is 4. The summed E-state index contributed by atoms with van der Waals surface area (Å²) in [5, 5.41) is 18.3. The van der Waals surface area contributed by atoms with E-state index in [1.54, 1.807) is 12.1 Å². The standard InChI is InChI=1S/C10H11N3OS/c14-10-3-1-2-8(4-10)5-11-6-9-7-15-13-12-9/h1-4,7,11,14H,5-6H2. The number of phenols is 1. The first kappa shape index (κ1) is 10.1. The minimum atomic E-state index is 0.296. The van der Waals surface area contributed by atoms with E-state index in [-0.39, 0.29) is 0 Å². The Labute approximate surface area is 91.8 Å². The summed E-state index contributed by atoms with van der Waals surface area (Å²) < 4.78 is 3.77. The van der Waals surface area contributed by atoms with E-state index in [4.69, 9.17) is 0 Å².